The Labute approximate surface area is 120 Å². The number of unbranched alkanes of at least 4 members (excludes halogenated alkanes) is 1. The van der Waals surface area contributed by atoms with Gasteiger partial charge < -0.3 is 15.2 Å². The summed E-state index contributed by atoms with van der Waals surface area (Å²) in [6, 6.07) is -0.962. The second-order valence-corrected chi connectivity index (χ2v) is 4.73. The second kappa shape index (κ2) is 11.7. The Morgan fingerprint density at radius 1 is 1.30 bits per heavy atom. The number of nitrogens with one attached hydrogen (secondary N) is 1. The van der Waals surface area contributed by atoms with Crippen molar-refractivity contribution in [2.75, 3.05) is 25.2 Å². The van der Waals surface area contributed by atoms with E-state index < -0.39 is 23.5 Å². The fourth-order valence-electron chi connectivity index (χ4n) is 1.19. The highest BCUT2D eigenvalue weighted by Crippen LogP contribution is 2.01. The van der Waals surface area contributed by atoms with Gasteiger partial charge in [0, 0.05) is 0 Å². The number of hydrogen-bond acceptors (Lipinski definition) is 8. The van der Waals surface area contributed by atoms with E-state index in [2.05, 4.69) is 10.2 Å². The number of rotatable bonds is 11. The lowest BCUT2D eigenvalue weighted by Gasteiger charge is -2.14. The third kappa shape index (κ3) is 10.8. The van der Waals surface area contributed by atoms with Crippen molar-refractivity contribution in [1.82, 2.24) is 10.7 Å². The van der Waals surface area contributed by atoms with Gasteiger partial charge in [-0.15, -0.1) is 0 Å². The number of thioether (sulfide) groups is 1. The molecule has 0 aromatic rings. The second-order valence-electron chi connectivity index (χ2n) is 3.75. The number of aliphatic carboxylic acids is 1. The molecular formula is C10H20N2O7S. The van der Waals surface area contributed by atoms with E-state index in [1.165, 1.54) is 11.8 Å². The van der Waals surface area contributed by atoms with Crippen LogP contribution in [0.15, 0.2) is 0 Å². The van der Waals surface area contributed by atoms with Gasteiger partial charge in [0.1, 0.15) is 6.04 Å². The highest BCUT2D eigenvalue weighted by atomic mass is 32.2. The molecule has 0 aliphatic carbocycles. The molecule has 0 aliphatic heterocycles. The number of carbonyl (C=O) groups is 2. The van der Waals surface area contributed by atoms with E-state index in [-0.39, 0.29) is 13.2 Å². The third-order valence-electron chi connectivity index (χ3n) is 2.18. The van der Waals surface area contributed by atoms with Crippen molar-refractivity contribution < 1.29 is 34.7 Å². The van der Waals surface area contributed by atoms with Gasteiger partial charge in [0.25, 0.3) is 0 Å². The summed E-state index contributed by atoms with van der Waals surface area (Å²) in [7, 11) is 0. The van der Waals surface area contributed by atoms with Gasteiger partial charge in [-0.25, -0.2) is 9.59 Å². The van der Waals surface area contributed by atoms with Gasteiger partial charge in [0.05, 0.1) is 18.6 Å². The van der Waals surface area contributed by atoms with Crippen molar-refractivity contribution in [1.29, 1.82) is 0 Å². The smallest absolute Gasteiger partial charge is 0.407 e. The fraction of sp³-hybridized carbons (Fsp3) is 0.800. The predicted molar refractivity (Wildman–Crippen MR) is 69.5 cm³/mol. The summed E-state index contributed by atoms with van der Waals surface area (Å²) in [5.74, 6) is -0.483. The number of alkyl carbamates (subject to hydrolysis) is 1. The number of ether oxygens (including phenoxy) is 1. The average Bonchev–Trinajstić information content (AvgIpc) is 2.37. The van der Waals surface area contributed by atoms with Crippen LogP contribution in [0.1, 0.15) is 19.3 Å². The fourth-order valence-corrected chi connectivity index (χ4v) is 1.66. The third-order valence-corrected chi connectivity index (χ3v) is 2.82. The number of amides is 1. The molecule has 20 heavy (non-hydrogen) atoms. The van der Waals surface area contributed by atoms with Crippen molar-refractivity contribution in [2.24, 2.45) is 0 Å². The largest absolute Gasteiger partial charge is 0.480 e. The Morgan fingerprint density at radius 2 is 1.95 bits per heavy atom. The molecule has 0 radical (unpaired) electrons. The monoisotopic (exact) mass is 312 g/mol. The first kappa shape index (κ1) is 18.9. The molecule has 0 bridgehead atoms. The van der Waals surface area contributed by atoms with E-state index in [0.29, 0.717) is 25.0 Å². The number of carboxylic acid groups (broad SMARTS) is 1. The number of carboxylic acids is 1. The van der Waals surface area contributed by atoms with E-state index >= 15 is 0 Å². The summed E-state index contributed by atoms with van der Waals surface area (Å²) < 4.78 is 4.80. The Kier molecular flexibility index (Phi) is 11.1. The van der Waals surface area contributed by atoms with Crippen molar-refractivity contribution in [3.63, 3.8) is 0 Å². The van der Waals surface area contributed by atoms with Gasteiger partial charge in [-0.3, -0.25) is 15.3 Å². The van der Waals surface area contributed by atoms with Crippen LogP contribution in [0.4, 0.5) is 4.79 Å². The molecule has 0 aromatic heterocycles. The number of carbonyl (C=O) groups excluding carboxylic acids is 1. The minimum Gasteiger partial charge on any atom is -0.480 e. The highest BCUT2D eigenvalue weighted by molar-refractivity contribution is 7.98. The van der Waals surface area contributed by atoms with Crippen LogP contribution in [0.5, 0.6) is 0 Å². The van der Waals surface area contributed by atoms with Gasteiger partial charge in [0.2, 0.25) is 0 Å². The maximum atomic E-state index is 11.3. The molecule has 0 aliphatic rings. The lowest BCUT2D eigenvalue weighted by atomic mass is 10.2. The SMILES string of the molecule is CSCCC(NC(=O)OCCCCON(O)O)C(=O)O. The first-order valence-electron chi connectivity index (χ1n) is 5.93. The Balaban J connectivity index is 3.71. The van der Waals surface area contributed by atoms with Crippen molar-refractivity contribution in [3.8, 4) is 0 Å². The molecule has 0 spiro atoms. The Bertz CT molecular complexity index is 291. The van der Waals surface area contributed by atoms with Gasteiger partial charge >= 0.3 is 12.1 Å². The Hall–Kier alpha value is -1.07. The summed E-state index contributed by atoms with van der Waals surface area (Å²) in [5.41, 5.74) is 0. The molecule has 1 unspecified atom stereocenters. The zero-order chi connectivity index (χ0) is 15.4. The quantitative estimate of drug-likeness (QED) is 0.322. The summed E-state index contributed by atoms with van der Waals surface area (Å²) in [5, 5.41) is 27.2. The van der Waals surface area contributed by atoms with E-state index in [1.54, 1.807) is 0 Å². The van der Waals surface area contributed by atoms with Crippen LogP contribution in [0.2, 0.25) is 0 Å². The molecule has 118 valence electrons. The summed E-state index contributed by atoms with van der Waals surface area (Å²) in [6.07, 6.45) is 2.27. The predicted octanol–water partition coefficient (Wildman–Crippen LogP) is 0.711. The van der Waals surface area contributed by atoms with Crippen molar-refractivity contribution in [3.05, 3.63) is 0 Å². The molecular weight excluding hydrogens is 292 g/mol. The minimum atomic E-state index is -1.10. The molecule has 0 heterocycles. The number of hydrogen-bond donors (Lipinski definition) is 4. The highest BCUT2D eigenvalue weighted by Gasteiger charge is 2.19. The molecule has 0 aromatic carbocycles. The van der Waals surface area contributed by atoms with Crippen LogP contribution >= 0.6 is 11.8 Å². The van der Waals surface area contributed by atoms with E-state index in [1.807, 2.05) is 6.26 Å². The van der Waals surface area contributed by atoms with Crippen LogP contribution in [-0.4, -0.2) is 64.2 Å². The van der Waals surface area contributed by atoms with Crippen molar-refractivity contribution >= 4 is 23.8 Å². The molecule has 1 atom stereocenters. The molecule has 10 heteroatoms. The molecule has 0 rings (SSSR count). The standard InChI is InChI=1S/C10H20N2O7S/c1-20-7-4-8(9(13)14)11-10(15)18-5-2-3-6-19-12(16)17/h8,16-17H,2-7H2,1H3,(H,11,15)(H,13,14). The summed E-state index contributed by atoms with van der Waals surface area (Å²) in [4.78, 5) is 26.5. The van der Waals surface area contributed by atoms with E-state index in [0.717, 1.165) is 0 Å². The maximum absolute atomic E-state index is 11.3. The molecule has 9 nitrogen and oxygen atoms in total. The van der Waals surface area contributed by atoms with Crippen LogP contribution in [0.25, 0.3) is 0 Å². The molecule has 0 saturated carbocycles. The molecule has 0 saturated heterocycles. The molecule has 1 amide bonds. The van der Waals surface area contributed by atoms with Gasteiger partial charge in [-0.05, 0) is 31.3 Å². The zero-order valence-corrected chi connectivity index (χ0v) is 12.0. The molecule has 0 fully saturated rings. The first-order chi connectivity index (χ1) is 9.47. The van der Waals surface area contributed by atoms with Crippen LogP contribution in [0, 0.1) is 0 Å². The topological polar surface area (TPSA) is 129 Å². The van der Waals surface area contributed by atoms with Crippen LogP contribution in [0.3, 0.4) is 0 Å². The molecule has 4 N–H and O–H groups in total. The van der Waals surface area contributed by atoms with E-state index in [4.69, 9.17) is 20.3 Å². The van der Waals surface area contributed by atoms with Crippen molar-refractivity contribution in [2.45, 2.75) is 25.3 Å². The first-order valence-corrected chi connectivity index (χ1v) is 7.32. The lowest BCUT2D eigenvalue weighted by Crippen LogP contribution is -2.41. The normalized spacial score (nSPS) is 12.2. The Morgan fingerprint density at radius 3 is 2.50 bits per heavy atom. The van der Waals surface area contributed by atoms with Crippen LogP contribution < -0.4 is 5.32 Å². The number of nitrogens with zero attached hydrogens (tertiary/aromatic N) is 1. The van der Waals surface area contributed by atoms with Crippen LogP contribution in [-0.2, 0) is 14.4 Å². The zero-order valence-electron chi connectivity index (χ0n) is 11.2. The van der Waals surface area contributed by atoms with Gasteiger partial charge in [0.15, 0.2) is 0 Å². The van der Waals surface area contributed by atoms with Gasteiger partial charge in [-0.1, -0.05) is 0 Å². The lowest BCUT2D eigenvalue weighted by molar-refractivity contribution is -0.492. The van der Waals surface area contributed by atoms with E-state index in [9.17, 15) is 9.59 Å². The van der Waals surface area contributed by atoms with Gasteiger partial charge in [-0.2, -0.15) is 11.8 Å². The maximum Gasteiger partial charge on any atom is 0.407 e. The summed E-state index contributed by atoms with van der Waals surface area (Å²) >= 11 is 1.49. The average molecular weight is 312 g/mol. The minimum absolute atomic E-state index is 0.0590. The summed E-state index contributed by atoms with van der Waals surface area (Å²) in [6.45, 7) is 0.143.